The molecule has 3 nitrogen and oxygen atoms in total. The van der Waals surface area contributed by atoms with E-state index in [1.54, 1.807) is 0 Å². The van der Waals surface area contributed by atoms with Crippen molar-refractivity contribution in [2.75, 3.05) is 19.6 Å². The van der Waals surface area contributed by atoms with Gasteiger partial charge in [-0.2, -0.15) is 0 Å². The van der Waals surface area contributed by atoms with Crippen LogP contribution in [0.25, 0.3) is 0 Å². The van der Waals surface area contributed by atoms with Crippen LogP contribution in [-0.4, -0.2) is 25.6 Å². The number of esters is 1. The van der Waals surface area contributed by atoms with Crippen molar-refractivity contribution < 1.29 is 14.4 Å². The van der Waals surface area contributed by atoms with Gasteiger partial charge in [0.1, 0.15) is 6.54 Å². The first-order chi connectivity index (χ1) is 9.17. The summed E-state index contributed by atoms with van der Waals surface area (Å²) in [5.74, 6) is 5.87. The fourth-order valence-electron chi connectivity index (χ4n) is 1.74. The van der Waals surface area contributed by atoms with Gasteiger partial charge >= 0.3 is 5.97 Å². The molecule has 1 atom stereocenters. The minimum absolute atomic E-state index is 0.307. The zero-order valence-corrected chi connectivity index (χ0v) is 11.9. The van der Waals surface area contributed by atoms with Gasteiger partial charge in [-0.25, -0.2) is 0 Å². The summed E-state index contributed by atoms with van der Waals surface area (Å²) in [4.78, 5) is 12.6. The Bertz CT molecular complexity index is 441. The van der Waals surface area contributed by atoms with Crippen LogP contribution in [-0.2, 0) is 9.53 Å². The number of nitrogens with one attached hydrogen (secondary N) is 1. The van der Waals surface area contributed by atoms with Gasteiger partial charge in [0.2, 0.25) is 0 Å². The zero-order chi connectivity index (χ0) is 14.1. The summed E-state index contributed by atoms with van der Waals surface area (Å²) in [6.45, 7) is 8.57. The topological polar surface area (TPSA) is 30.7 Å². The van der Waals surface area contributed by atoms with E-state index in [2.05, 4.69) is 25.7 Å². The average molecular weight is 260 g/mol. The molecule has 1 aromatic carbocycles. The third kappa shape index (κ3) is 5.58. The van der Waals surface area contributed by atoms with Crippen LogP contribution in [0, 0.1) is 11.8 Å². The Morgan fingerprint density at radius 3 is 2.42 bits per heavy atom. The number of ether oxygens (including phenoxy) is 1. The fraction of sp³-hybridized carbons (Fsp3) is 0.438. The highest BCUT2D eigenvalue weighted by atomic mass is 16.5. The Morgan fingerprint density at radius 2 is 1.89 bits per heavy atom. The molecule has 0 heterocycles. The molecule has 0 fully saturated rings. The van der Waals surface area contributed by atoms with Crippen molar-refractivity contribution in [2.45, 2.75) is 26.9 Å². The van der Waals surface area contributed by atoms with Gasteiger partial charge < -0.3 is 9.64 Å². The second-order valence-electron chi connectivity index (χ2n) is 4.36. The van der Waals surface area contributed by atoms with E-state index in [0.29, 0.717) is 0 Å². The van der Waals surface area contributed by atoms with Crippen molar-refractivity contribution in [1.29, 1.82) is 0 Å². The normalized spacial score (nSPS) is 11.6. The lowest BCUT2D eigenvalue weighted by Gasteiger charge is -2.13. The first kappa shape index (κ1) is 15.3. The van der Waals surface area contributed by atoms with Gasteiger partial charge in [0, 0.05) is 12.5 Å². The van der Waals surface area contributed by atoms with Crippen LogP contribution in [0.1, 0.15) is 32.4 Å². The first-order valence-corrected chi connectivity index (χ1v) is 6.71. The molecule has 1 aromatic rings. The maximum Gasteiger partial charge on any atom is 0.304 e. The van der Waals surface area contributed by atoms with Crippen LogP contribution in [0.3, 0.4) is 0 Å². The Balaban J connectivity index is 2.76. The number of rotatable bonds is 5. The lowest BCUT2D eigenvalue weighted by molar-refractivity contribution is -0.889. The SMILES string of the molecule is CC[NH+](CC)CC#C[C@H](OC(C)=O)c1ccccc1. The predicted molar refractivity (Wildman–Crippen MR) is 75.6 cm³/mol. The predicted octanol–water partition coefficient (Wildman–Crippen LogP) is 1.22. The third-order valence-electron chi connectivity index (χ3n) is 2.96. The van der Waals surface area contributed by atoms with Crippen LogP contribution in [0.2, 0.25) is 0 Å². The molecule has 0 spiro atoms. The van der Waals surface area contributed by atoms with E-state index in [1.807, 2.05) is 30.3 Å². The van der Waals surface area contributed by atoms with Crippen molar-refractivity contribution in [3.63, 3.8) is 0 Å². The molecule has 0 radical (unpaired) electrons. The second kappa shape index (κ2) is 8.34. The van der Waals surface area contributed by atoms with E-state index in [0.717, 1.165) is 25.2 Å². The number of carbonyl (C=O) groups is 1. The Hall–Kier alpha value is -1.79. The summed E-state index contributed by atoms with van der Waals surface area (Å²) in [5.41, 5.74) is 0.916. The number of benzene rings is 1. The number of quaternary nitrogens is 1. The smallest absolute Gasteiger partial charge is 0.304 e. The van der Waals surface area contributed by atoms with Crippen LogP contribution < -0.4 is 4.90 Å². The van der Waals surface area contributed by atoms with E-state index in [4.69, 9.17) is 4.74 Å². The Kier molecular flexibility index (Phi) is 6.70. The van der Waals surface area contributed by atoms with Crippen LogP contribution in [0.5, 0.6) is 0 Å². The first-order valence-electron chi connectivity index (χ1n) is 6.71. The van der Waals surface area contributed by atoms with Crippen molar-refractivity contribution >= 4 is 5.97 Å². The molecule has 0 aliphatic heterocycles. The molecule has 0 saturated heterocycles. The van der Waals surface area contributed by atoms with E-state index in [9.17, 15) is 4.79 Å². The van der Waals surface area contributed by atoms with Crippen LogP contribution in [0.15, 0.2) is 30.3 Å². The standard InChI is InChI=1S/C16H21NO2/c1-4-17(5-2)13-9-12-16(19-14(3)18)15-10-7-6-8-11-15/h6-8,10-11,16H,4-5,13H2,1-3H3/p+1/t16-/m0/s1. The summed E-state index contributed by atoms with van der Waals surface area (Å²) < 4.78 is 5.26. The van der Waals surface area contributed by atoms with Gasteiger partial charge in [-0.1, -0.05) is 30.3 Å². The lowest BCUT2D eigenvalue weighted by Crippen LogP contribution is -3.11. The number of carbonyl (C=O) groups excluding carboxylic acids is 1. The molecule has 1 rings (SSSR count). The summed E-state index contributed by atoms with van der Waals surface area (Å²) in [6.07, 6.45) is -0.464. The summed E-state index contributed by atoms with van der Waals surface area (Å²) in [6, 6.07) is 9.62. The summed E-state index contributed by atoms with van der Waals surface area (Å²) >= 11 is 0. The van der Waals surface area contributed by atoms with E-state index in [1.165, 1.54) is 11.8 Å². The molecule has 0 unspecified atom stereocenters. The molecule has 0 aliphatic carbocycles. The zero-order valence-electron chi connectivity index (χ0n) is 11.9. The molecule has 0 aliphatic rings. The lowest BCUT2D eigenvalue weighted by atomic mass is 10.1. The largest absolute Gasteiger partial charge is 0.444 e. The molecule has 19 heavy (non-hydrogen) atoms. The van der Waals surface area contributed by atoms with Crippen molar-refractivity contribution in [1.82, 2.24) is 0 Å². The van der Waals surface area contributed by atoms with Crippen LogP contribution in [0.4, 0.5) is 0 Å². The quantitative estimate of drug-likeness (QED) is 0.637. The van der Waals surface area contributed by atoms with Gasteiger partial charge in [-0.15, -0.1) is 0 Å². The molecule has 1 N–H and O–H groups in total. The van der Waals surface area contributed by atoms with Gasteiger partial charge in [-0.3, -0.25) is 4.79 Å². The average Bonchev–Trinajstić information content (AvgIpc) is 2.43. The molecular weight excluding hydrogens is 238 g/mol. The maximum absolute atomic E-state index is 11.1. The Morgan fingerprint density at radius 1 is 1.26 bits per heavy atom. The maximum atomic E-state index is 11.1. The molecule has 102 valence electrons. The molecular formula is C16H22NO2+. The number of hydrogen-bond acceptors (Lipinski definition) is 2. The molecule has 0 saturated carbocycles. The van der Waals surface area contributed by atoms with E-state index >= 15 is 0 Å². The van der Waals surface area contributed by atoms with Gasteiger partial charge in [0.15, 0.2) is 6.10 Å². The third-order valence-corrected chi connectivity index (χ3v) is 2.96. The van der Waals surface area contributed by atoms with Crippen molar-refractivity contribution in [3.8, 4) is 11.8 Å². The monoisotopic (exact) mass is 260 g/mol. The highest BCUT2D eigenvalue weighted by molar-refractivity contribution is 5.66. The minimum atomic E-state index is -0.464. The van der Waals surface area contributed by atoms with E-state index in [-0.39, 0.29) is 5.97 Å². The summed E-state index contributed by atoms with van der Waals surface area (Å²) in [7, 11) is 0. The minimum Gasteiger partial charge on any atom is -0.444 e. The molecule has 0 amide bonds. The Labute approximate surface area is 115 Å². The van der Waals surface area contributed by atoms with Gasteiger partial charge in [0.25, 0.3) is 0 Å². The van der Waals surface area contributed by atoms with Gasteiger partial charge in [-0.05, 0) is 25.7 Å². The highest BCUT2D eigenvalue weighted by Crippen LogP contribution is 2.15. The molecule has 3 heteroatoms. The summed E-state index contributed by atoms with van der Waals surface area (Å²) in [5, 5.41) is 0. The molecule has 0 bridgehead atoms. The highest BCUT2D eigenvalue weighted by Gasteiger charge is 2.11. The van der Waals surface area contributed by atoms with E-state index < -0.39 is 6.10 Å². The second-order valence-corrected chi connectivity index (χ2v) is 4.36. The fourth-order valence-corrected chi connectivity index (χ4v) is 1.74. The molecule has 0 aromatic heterocycles. The van der Waals surface area contributed by atoms with Crippen LogP contribution >= 0.6 is 0 Å². The van der Waals surface area contributed by atoms with Crippen molar-refractivity contribution in [3.05, 3.63) is 35.9 Å². The number of hydrogen-bond donors (Lipinski definition) is 1. The van der Waals surface area contributed by atoms with Crippen molar-refractivity contribution in [2.24, 2.45) is 0 Å². The van der Waals surface area contributed by atoms with Gasteiger partial charge in [0.05, 0.1) is 13.1 Å².